The quantitative estimate of drug-likeness (QED) is 0.436. The van der Waals surface area contributed by atoms with Gasteiger partial charge in [-0.3, -0.25) is 4.28 Å². The Kier molecular flexibility index (Phi) is 2.11. The molecule has 0 aliphatic heterocycles. The number of hydrogen-bond acceptors (Lipinski definition) is 6. The number of nitriles is 1. The van der Waals surface area contributed by atoms with Gasteiger partial charge in [0, 0.05) is 0 Å². The van der Waals surface area contributed by atoms with Crippen LogP contribution in [0.3, 0.4) is 0 Å². The summed E-state index contributed by atoms with van der Waals surface area (Å²) in [6.07, 6.45) is 3.58. The molecule has 0 fully saturated rings. The minimum absolute atomic E-state index is 0.597. The van der Waals surface area contributed by atoms with E-state index in [9.17, 15) is 8.42 Å². The monoisotopic (exact) mass is 189 g/mol. The lowest BCUT2D eigenvalue weighted by molar-refractivity contribution is 0.230. The van der Waals surface area contributed by atoms with Crippen LogP contribution in [0.1, 0.15) is 0 Å². The Morgan fingerprint density at radius 1 is 1.67 bits per heavy atom. The number of hydrogen-bond donors (Lipinski definition) is 1. The predicted molar refractivity (Wildman–Crippen MR) is 34.3 cm³/mol. The highest BCUT2D eigenvalue weighted by atomic mass is 32.2. The first-order valence-corrected chi connectivity index (χ1v) is 4.02. The zero-order chi connectivity index (χ0) is 9.03. The summed E-state index contributed by atoms with van der Waals surface area (Å²) in [5.74, 6) is 0. The molecule has 9 heteroatoms. The molecule has 0 atom stereocenters. The van der Waals surface area contributed by atoms with Crippen molar-refractivity contribution in [3.8, 4) is 6.19 Å². The van der Waals surface area contributed by atoms with Gasteiger partial charge in [0.25, 0.3) is 0 Å². The largest absolute Gasteiger partial charge is 0.435 e. The van der Waals surface area contributed by atoms with Gasteiger partial charge in [-0.25, -0.2) is 0 Å². The second-order valence-corrected chi connectivity index (χ2v) is 2.81. The fraction of sp³-hybridized carbons (Fsp3) is 0. The maximum atomic E-state index is 10.7. The van der Waals surface area contributed by atoms with Crippen molar-refractivity contribution in [1.82, 2.24) is 19.9 Å². The molecule has 12 heavy (non-hydrogen) atoms. The molecule has 0 saturated heterocycles. The molecule has 0 aromatic carbocycles. The summed E-state index contributed by atoms with van der Waals surface area (Å²) in [4.78, 5) is 0.597. The Morgan fingerprint density at radius 2 is 2.42 bits per heavy atom. The van der Waals surface area contributed by atoms with E-state index in [1.807, 2.05) is 0 Å². The molecule has 1 N–H and O–H groups in total. The van der Waals surface area contributed by atoms with Crippen LogP contribution in [0, 0.1) is 11.5 Å². The van der Waals surface area contributed by atoms with Crippen LogP contribution < -0.4 is 9.01 Å². The van der Waals surface area contributed by atoms with Gasteiger partial charge < -0.3 is 0 Å². The first-order chi connectivity index (χ1) is 5.64. The van der Waals surface area contributed by atoms with Crippen LogP contribution in [0.25, 0.3) is 0 Å². The highest BCUT2D eigenvalue weighted by Crippen LogP contribution is 1.81. The summed E-state index contributed by atoms with van der Waals surface area (Å²) in [5.41, 5.74) is 0. The number of nitrogens with one attached hydrogen (secondary N) is 1. The molecule has 64 valence electrons. The van der Waals surface area contributed by atoms with Crippen molar-refractivity contribution in [2.45, 2.75) is 0 Å². The van der Waals surface area contributed by atoms with Gasteiger partial charge >= 0.3 is 10.3 Å². The lowest BCUT2D eigenvalue weighted by Gasteiger charge is -1.99. The van der Waals surface area contributed by atoms with Crippen molar-refractivity contribution in [1.29, 1.82) is 5.26 Å². The van der Waals surface area contributed by atoms with Gasteiger partial charge in [-0.1, -0.05) is 4.85 Å². The molecule has 0 amide bonds. The van der Waals surface area contributed by atoms with Crippen LogP contribution in [-0.4, -0.2) is 23.6 Å². The van der Waals surface area contributed by atoms with Crippen molar-refractivity contribution in [2.24, 2.45) is 0 Å². The number of nitrogens with zero attached hydrogens (tertiary/aromatic N) is 4. The van der Waals surface area contributed by atoms with E-state index < -0.39 is 10.3 Å². The minimum Gasteiger partial charge on any atom is -0.252 e. The van der Waals surface area contributed by atoms with Gasteiger partial charge in [0.2, 0.25) is 0 Å². The van der Waals surface area contributed by atoms with E-state index in [0.29, 0.717) is 4.85 Å². The highest BCUT2D eigenvalue weighted by molar-refractivity contribution is 7.85. The van der Waals surface area contributed by atoms with E-state index in [4.69, 9.17) is 5.26 Å². The molecule has 1 aromatic rings. The van der Waals surface area contributed by atoms with E-state index in [1.54, 1.807) is 0 Å². The number of rotatable bonds is 3. The van der Waals surface area contributed by atoms with Crippen molar-refractivity contribution < 1.29 is 12.7 Å². The van der Waals surface area contributed by atoms with Crippen LogP contribution in [0.2, 0.25) is 0 Å². The van der Waals surface area contributed by atoms with E-state index in [0.717, 1.165) is 6.20 Å². The van der Waals surface area contributed by atoms with Crippen LogP contribution in [0.5, 0.6) is 0 Å². The number of aromatic nitrogens is 3. The maximum Gasteiger partial charge on any atom is 0.435 e. The maximum absolute atomic E-state index is 10.7. The van der Waals surface area contributed by atoms with Crippen LogP contribution in [-0.2, 0) is 10.3 Å². The second kappa shape index (κ2) is 3.05. The van der Waals surface area contributed by atoms with Crippen LogP contribution in [0.15, 0.2) is 12.4 Å². The average Bonchev–Trinajstić information content (AvgIpc) is 2.38. The van der Waals surface area contributed by atoms with Crippen LogP contribution >= 0.6 is 0 Å². The molecule has 0 spiro atoms. The summed E-state index contributed by atoms with van der Waals surface area (Å²) >= 11 is 0. The molecule has 0 unspecified atom stereocenters. The molecule has 0 aliphatic rings. The van der Waals surface area contributed by atoms with Crippen molar-refractivity contribution in [3.63, 3.8) is 0 Å². The highest BCUT2D eigenvalue weighted by Gasteiger charge is 2.10. The Morgan fingerprint density at radius 3 is 2.92 bits per heavy atom. The van der Waals surface area contributed by atoms with Crippen molar-refractivity contribution in [2.75, 3.05) is 0 Å². The van der Waals surface area contributed by atoms with E-state index >= 15 is 0 Å². The summed E-state index contributed by atoms with van der Waals surface area (Å²) in [5, 5.41) is 14.4. The molecular formula is C3H3N5O3S. The topological polar surface area (TPSA) is 110 Å². The zero-order valence-corrected chi connectivity index (χ0v) is 6.39. The van der Waals surface area contributed by atoms with Gasteiger partial charge in [-0.05, 0) is 5.21 Å². The normalized spacial score (nSPS) is 10.2. The van der Waals surface area contributed by atoms with Gasteiger partial charge in [0.1, 0.15) is 0 Å². The molecule has 8 nitrogen and oxygen atoms in total. The third-order valence-corrected chi connectivity index (χ3v) is 1.44. The smallest absolute Gasteiger partial charge is 0.252 e. The first-order valence-electron chi connectivity index (χ1n) is 2.61. The third-order valence-electron chi connectivity index (χ3n) is 0.746. The Hall–Kier alpha value is -1.82. The molecule has 0 aliphatic carbocycles. The minimum atomic E-state index is -4.11. The Balaban J connectivity index is 2.71. The fourth-order valence-corrected chi connectivity index (χ4v) is 0.842. The molecular weight excluding hydrogens is 186 g/mol. The molecule has 0 radical (unpaired) electrons. The Labute approximate surface area is 67.6 Å². The SMILES string of the molecule is N#CNS(=O)(=O)On1ccnn1. The third kappa shape index (κ3) is 2.10. The van der Waals surface area contributed by atoms with Crippen molar-refractivity contribution in [3.05, 3.63) is 12.4 Å². The molecule has 1 heterocycles. The van der Waals surface area contributed by atoms with E-state index in [-0.39, 0.29) is 0 Å². The molecule has 1 aromatic heterocycles. The molecule has 0 saturated carbocycles. The fourth-order valence-electron chi connectivity index (χ4n) is 0.412. The summed E-state index contributed by atoms with van der Waals surface area (Å²) in [6.45, 7) is 0. The van der Waals surface area contributed by atoms with E-state index in [1.165, 1.54) is 17.1 Å². The van der Waals surface area contributed by atoms with E-state index in [2.05, 4.69) is 14.6 Å². The lowest BCUT2D eigenvalue weighted by atomic mass is 11.0. The zero-order valence-electron chi connectivity index (χ0n) is 5.58. The van der Waals surface area contributed by atoms with Gasteiger partial charge in [-0.15, -0.1) is 5.10 Å². The first kappa shape index (κ1) is 8.28. The average molecular weight is 189 g/mol. The van der Waals surface area contributed by atoms with Gasteiger partial charge in [0.15, 0.2) is 6.19 Å². The van der Waals surface area contributed by atoms with Gasteiger partial charge in [-0.2, -0.15) is 18.4 Å². The standard InChI is InChI=1S/C3H3N5O3S/c4-3-6-12(9,10)11-8-2-1-5-7-8/h1-2,6H. The molecule has 0 bridgehead atoms. The second-order valence-electron chi connectivity index (χ2n) is 1.55. The van der Waals surface area contributed by atoms with Gasteiger partial charge in [0.05, 0.1) is 12.4 Å². The summed E-state index contributed by atoms with van der Waals surface area (Å²) in [6, 6.07) is 0. The lowest BCUT2D eigenvalue weighted by Crippen LogP contribution is -2.30. The molecule has 1 rings (SSSR count). The summed E-state index contributed by atoms with van der Waals surface area (Å²) in [7, 11) is -4.11. The van der Waals surface area contributed by atoms with Crippen LogP contribution in [0.4, 0.5) is 0 Å². The van der Waals surface area contributed by atoms with Crippen molar-refractivity contribution >= 4 is 10.3 Å². The Bertz CT molecular complexity index is 375. The predicted octanol–water partition coefficient (Wildman–Crippen LogP) is -1.98. The summed E-state index contributed by atoms with van der Waals surface area (Å²) < 4.78 is 26.9.